The number of amidine groups is 1. The van der Waals surface area contributed by atoms with Gasteiger partial charge in [0.15, 0.2) is 12.1 Å². The van der Waals surface area contributed by atoms with E-state index in [-0.39, 0.29) is 5.82 Å². The summed E-state index contributed by atoms with van der Waals surface area (Å²) in [5.74, 6) is -1.22. The fourth-order valence-corrected chi connectivity index (χ4v) is 2.88. The van der Waals surface area contributed by atoms with Crippen molar-refractivity contribution >= 4 is 17.9 Å². The zero-order chi connectivity index (χ0) is 18.3. The molecule has 1 aromatic heterocycles. The Balaban J connectivity index is 1.66. The van der Waals surface area contributed by atoms with Crippen LogP contribution < -0.4 is 5.01 Å². The van der Waals surface area contributed by atoms with E-state index >= 15 is 0 Å². The molecule has 0 saturated carbocycles. The van der Waals surface area contributed by atoms with E-state index in [1.54, 1.807) is 47.9 Å². The van der Waals surface area contributed by atoms with E-state index in [0.29, 0.717) is 23.5 Å². The highest BCUT2D eigenvalue weighted by Gasteiger charge is 2.42. The molecule has 1 aromatic carbocycles. The second kappa shape index (κ2) is 6.10. The first-order chi connectivity index (χ1) is 12.4. The van der Waals surface area contributed by atoms with E-state index in [2.05, 4.69) is 15.1 Å². The number of halogens is 2. The molecule has 0 saturated heterocycles. The minimum atomic E-state index is -1.52. The molecule has 1 radical (unpaired) electrons. The van der Waals surface area contributed by atoms with Crippen LogP contribution in [0.1, 0.15) is 19.4 Å². The van der Waals surface area contributed by atoms with Gasteiger partial charge in [0.05, 0.1) is 5.01 Å². The molecule has 2 aliphatic heterocycles. The number of alkyl halides is 1. The minimum Gasteiger partial charge on any atom is -0.314 e. The van der Waals surface area contributed by atoms with Gasteiger partial charge in [0.2, 0.25) is 5.70 Å². The van der Waals surface area contributed by atoms with Crippen LogP contribution in [0.25, 0.3) is 16.8 Å². The molecular formula is C19H17F2N5+. The molecule has 7 heteroatoms. The summed E-state index contributed by atoms with van der Waals surface area (Å²) in [5.41, 5.74) is 2.64. The monoisotopic (exact) mass is 353 g/mol. The summed E-state index contributed by atoms with van der Waals surface area (Å²) in [6.45, 7) is 3.25. The van der Waals surface area contributed by atoms with Crippen LogP contribution in [0.2, 0.25) is 0 Å². The van der Waals surface area contributed by atoms with Crippen molar-refractivity contribution in [3.05, 3.63) is 60.3 Å². The Kier molecular flexibility index (Phi) is 3.88. The van der Waals surface area contributed by atoms with Crippen LogP contribution in [-0.2, 0) is 0 Å². The Morgan fingerprint density at radius 2 is 2.04 bits per heavy atom. The van der Waals surface area contributed by atoms with Gasteiger partial charge in [0.1, 0.15) is 18.6 Å². The molecule has 2 aromatic rings. The highest BCUT2D eigenvalue weighted by atomic mass is 19.1. The molecule has 0 fully saturated rings. The number of nitrogens with zero attached hydrogens (tertiary/aromatic N) is 5. The molecule has 5 nitrogen and oxygen atoms in total. The normalized spacial score (nSPS) is 17.2. The first kappa shape index (κ1) is 16.5. The van der Waals surface area contributed by atoms with Gasteiger partial charge in [0, 0.05) is 29.1 Å². The van der Waals surface area contributed by atoms with Crippen molar-refractivity contribution < 1.29 is 8.78 Å². The molecule has 2 aliphatic rings. The predicted molar refractivity (Wildman–Crippen MR) is 97.6 cm³/mol. The summed E-state index contributed by atoms with van der Waals surface area (Å²) in [5, 5.41) is 5.97. The number of aromatic nitrogens is 1. The molecule has 0 aliphatic carbocycles. The molecule has 3 heterocycles. The number of hydrazone groups is 1. The Morgan fingerprint density at radius 3 is 2.77 bits per heavy atom. The number of hydrogen-bond donors (Lipinski definition) is 0. The lowest BCUT2D eigenvalue weighted by molar-refractivity contribution is 0.0693. The van der Waals surface area contributed by atoms with Crippen molar-refractivity contribution in [3.63, 3.8) is 0 Å². The van der Waals surface area contributed by atoms with Crippen LogP contribution in [0.15, 0.2) is 59.0 Å². The summed E-state index contributed by atoms with van der Waals surface area (Å²) in [6.07, 6.45) is 6.39. The average molecular weight is 353 g/mol. The van der Waals surface area contributed by atoms with Gasteiger partial charge in [-0.3, -0.25) is 4.98 Å². The topological polar surface area (TPSA) is 46.8 Å². The number of rotatable bonds is 3. The first-order valence-electron chi connectivity index (χ1n) is 8.20. The minimum absolute atomic E-state index is 0.309. The Hall–Kier alpha value is -2.93. The molecule has 0 atom stereocenters. The van der Waals surface area contributed by atoms with Gasteiger partial charge in [-0.2, -0.15) is 4.99 Å². The van der Waals surface area contributed by atoms with Crippen LogP contribution in [0.3, 0.4) is 0 Å². The lowest BCUT2D eigenvalue weighted by Gasteiger charge is -2.30. The van der Waals surface area contributed by atoms with Gasteiger partial charge in [0.25, 0.3) is 0 Å². The van der Waals surface area contributed by atoms with Gasteiger partial charge in [-0.05, 0) is 43.2 Å². The molecule has 26 heavy (non-hydrogen) atoms. The van der Waals surface area contributed by atoms with E-state index in [1.807, 2.05) is 0 Å². The zero-order valence-corrected chi connectivity index (χ0v) is 14.4. The standard InChI is InChI=1S/C19H17F2N5/c1-19(2,21)25-11-18-23-10-17(26(18)24-12-25)13-5-6-16(20)15(8-13)14-4-3-7-22-9-14/h3-10,12H,11H2,1-2H3/q+1. The largest absolute Gasteiger partial charge is 0.314 e. The van der Waals surface area contributed by atoms with Gasteiger partial charge in [-0.1, -0.05) is 6.07 Å². The molecule has 0 bridgehead atoms. The summed E-state index contributed by atoms with van der Waals surface area (Å²) in [6, 6.07) is 8.42. The lowest BCUT2D eigenvalue weighted by atomic mass is 10.0. The second-order valence-corrected chi connectivity index (χ2v) is 6.58. The van der Waals surface area contributed by atoms with Crippen LogP contribution >= 0.6 is 0 Å². The third-order valence-electron chi connectivity index (χ3n) is 4.34. The first-order valence-corrected chi connectivity index (χ1v) is 8.20. The highest BCUT2D eigenvalue weighted by Crippen LogP contribution is 2.30. The second-order valence-electron chi connectivity index (χ2n) is 6.58. The van der Waals surface area contributed by atoms with Gasteiger partial charge in [-0.25, -0.2) is 8.78 Å². The van der Waals surface area contributed by atoms with Crippen LogP contribution in [0.5, 0.6) is 0 Å². The van der Waals surface area contributed by atoms with E-state index in [9.17, 15) is 8.78 Å². The number of aliphatic imine (C=N–C) groups is 1. The smallest absolute Gasteiger partial charge is 0.308 e. The SMILES string of the molecule is CC(C)(F)N1C=N[N+]2C(c3ccc(F)c(-c4cccnc4)c3)=CN=C2C1. The fourth-order valence-electron chi connectivity index (χ4n) is 2.88. The fraction of sp³-hybridized carbons (Fsp3) is 0.211. The quantitative estimate of drug-likeness (QED) is 0.624. The third-order valence-corrected chi connectivity index (χ3v) is 4.34. The maximum Gasteiger partial charge on any atom is 0.308 e. The molecular weight excluding hydrogens is 336 g/mol. The van der Waals surface area contributed by atoms with Gasteiger partial charge < -0.3 is 4.90 Å². The van der Waals surface area contributed by atoms with Crippen molar-refractivity contribution in [1.82, 2.24) is 14.9 Å². The van der Waals surface area contributed by atoms with E-state index < -0.39 is 5.79 Å². The molecule has 131 valence electrons. The maximum absolute atomic E-state index is 14.3. The lowest BCUT2D eigenvalue weighted by Crippen LogP contribution is -2.50. The van der Waals surface area contributed by atoms with Crippen LogP contribution in [-0.4, -0.2) is 34.4 Å². The van der Waals surface area contributed by atoms with Gasteiger partial charge in [-0.15, -0.1) is 0 Å². The molecule has 0 N–H and O–H groups in total. The number of fused-ring (bicyclic) bond motifs is 1. The molecule has 0 spiro atoms. The number of benzene rings is 1. The summed E-state index contributed by atoms with van der Waals surface area (Å²) in [4.78, 5) is 9.88. The van der Waals surface area contributed by atoms with Crippen molar-refractivity contribution in [2.45, 2.75) is 19.6 Å². The Bertz CT molecular complexity index is 929. The summed E-state index contributed by atoms with van der Waals surface area (Å²) < 4.78 is 28.4. The van der Waals surface area contributed by atoms with Crippen molar-refractivity contribution in [1.29, 1.82) is 0 Å². The summed E-state index contributed by atoms with van der Waals surface area (Å²) in [7, 11) is 0. The van der Waals surface area contributed by atoms with Gasteiger partial charge >= 0.3 is 5.84 Å². The maximum atomic E-state index is 14.3. The Morgan fingerprint density at radius 1 is 1.19 bits per heavy atom. The zero-order valence-electron chi connectivity index (χ0n) is 14.4. The number of hydrogen-bond acceptors (Lipinski definition) is 5. The van der Waals surface area contributed by atoms with Crippen LogP contribution in [0.4, 0.5) is 8.78 Å². The molecule has 0 unspecified atom stereocenters. The van der Waals surface area contributed by atoms with Crippen molar-refractivity contribution in [2.24, 2.45) is 10.1 Å². The van der Waals surface area contributed by atoms with E-state index in [1.165, 1.54) is 31.2 Å². The van der Waals surface area contributed by atoms with E-state index in [0.717, 1.165) is 11.3 Å². The van der Waals surface area contributed by atoms with Crippen molar-refractivity contribution in [2.75, 3.05) is 6.54 Å². The number of pyridine rings is 1. The summed E-state index contributed by atoms with van der Waals surface area (Å²) >= 11 is 0. The highest BCUT2D eigenvalue weighted by molar-refractivity contribution is 6.01. The predicted octanol–water partition coefficient (Wildman–Crippen LogP) is 3.70. The molecule has 4 rings (SSSR count). The third kappa shape index (κ3) is 2.90. The van der Waals surface area contributed by atoms with Crippen LogP contribution in [0, 0.1) is 5.82 Å². The average Bonchev–Trinajstić information content (AvgIpc) is 3.05. The molecule has 0 amide bonds. The Labute approximate surface area is 150 Å². The van der Waals surface area contributed by atoms with E-state index in [4.69, 9.17) is 0 Å². The van der Waals surface area contributed by atoms with Crippen molar-refractivity contribution in [3.8, 4) is 11.1 Å².